The first kappa shape index (κ1) is 28.7. The maximum Gasteiger partial charge on any atom is 0.409 e. The van der Waals surface area contributed by atoms with Crippen LogP contribution in [-0.2, 0) is 14.3 Å². The normalized spacial score (nSPS) is 12.1. The number of esters is 1. The first-order valence-corrected chi connectivity index (χ1v) is 12.4. The summed E-state index contributed by atoms with van der Waals surface area (Å²) in [6.45, 7) is 6.50. The van der Waals surface area contributed by atoms with Gasteiger partial charge in [-0.3, -0.25) is 4.90 Å². The molecule has 0 radical (unpaired) electrons. The Bertz CT molecular complexity index is 425. The largest absolute Gasteiger partial charge is 0.464 e. The highest BCUT2D eigenvalue weighted by atomic mass is 16.6. The number of carbonyl (C=O) groups excluding carboxylic acids is 2. The Balaban J connectivity index is 3.58. The Hall–Kier alpha value is -1.26. The first-order valence-electron chi connectivity index (χ1n) is 12.4. The van der Waals surface area contributed by atoms with Crippen LogP contribution in [0, 0.1) is 5.92 Å². The highest BCUT2D eigenvalue weighted by molar-refractivity contribution is 5.81. The Morgan fingerprint density at radius 1 is 0.733 bits per heavy atom. The second-order valence-electron chi connectivity index (χ2n) is 8.89. The van der Waals surface area contributed by atoms with Crippen LogP contribution >= 0.6 is 0 Å². The Morgan fingerprint density at radius 3 is 1.50 bits per heavy atom. The van der Waals surface area contributed by atoms with Gasteiger partial charge in [0.25, 0.3) is 0 Å². The van der Waals surface area contributed by atoms with Crippen molar-refractivity contribution in [3.05, 3.63) is 0 Å². The Labute approximate surface area is 186 Å². The van der Waals surface area contributed by atoms with E-state index in [4.69, 9.17) is 9.47 Å². The Kier molecular flexibility index (Phi) is 18.9. The van der Waals surface area contributed by atoms with E-state index in [1.165, 1.54) is 95.5 Å². The summed E-state index contributed by atoms with van der Waals surface area (Å²) in [5.41, 5.74) is 0. The van der Waals surface area contributed by atoms with Crippen LogP contribution in [0.25, 0.3) is 0 Å². The van der Waals surface area contributed by atoms with Gasteiger partial charge in [-0.25, -0.2) is 9.59 Å². The molecule has 0 aromatic rings. The van der Waals surface area contributed by atoms with Crippen molar-refractivity contribution in [3.8, 4) is 0 Å². The molecule has 0 aromatic heterocycles. The molecule has 5 nitrogen and oxygen atoms in total. The minimum atomic E-state index is -0.603. The number of hydrogen-bond acceptors (Lipinski definition) is 4. The van der Waals surface area contributed by atoms with E-state index in [1.54, 1.807) is 7.05 Å². The van der Waals surface area contributed by atoms with Gasteiger partial charge in [-0.05, 0) is 12.3 Å². The zero-order valence-corrected chi connectivity index (χ0v) is 20.5. The summed E-state index contributed by atoms with van der Waals surface area (Å²) in [6, 6.07) is -0.603. The van der Waals surface area contributed by atoms with E-state index in [-0.39, 0.29) is 11.9 Å². The molecule has 0 saturated heterocycles. The Morgan fingerprint density at radius 2 is 1.13 bits per heavy atom. The zero-order valence-electron chi connectivity index (χ0n) is 20.5. The average molecular weight is 428 g/mol. The molecule has 0 aromatic carbocycles. The molecule has 178 valence electrons. The number of ether oxygens (including phenoxy) is 2. The number of rotatable bonds is 19. The van der Waals surface area contributed by atoms with E-state index in [1.807, 2.05) is 13.8 Å². The second kappa shape index (κ2) is 19.7. The lowest BCUT2D eigenvalue weighted by atomic mass is 10.0. The van der Waals surface area contributed by atoms with Crippen molar-refractivity contribution < 1.29 is 19.1 Å². The van der Waals surface area contributed by atoms with Crippen LogP contribution in [0.5, 0.6) is 0 Å². The summed E-state index contributed by atoms with van der Waals surface area (Å²) in [6.07, 6.45) is 19.1. The van der Waals surface area contributed by atoms with E-state index in [9.17, 15) is 9.59 Å². The fraction of sp³-hybridized carbons (Fsp3) is 0.920. The number of amides is 1. The number of hydrogen-bond donors (Lipinski definition) is 0. The van der Waals surface area contributed by atoms with E-state index in [2.05, 4.69) is 6.92 Å². The molecule has 5 heteroatoms. The molecule has 0 N–H and O–H groups in total. The van der Waals surface area contributed by atoms with E-state index < -0.39 is 12.1 Å². The van der Waals surface area contributed by atoms with E-state index in [0.717, 1.165) is 12.8 Å². The average Bonchev–Trinajstić information content (AvgIpc) is 2.72. The number of methoxy groups -OCH3 is 1. The molecule has 0 aliphatic rings. The van der Waals surface area contributed by atoms with Gasteiger partial charge in [0.2, 0.25) is 0 Å². The number of unbranched alkanes of at least 4 members (excludes halogenated alkanes) is 14. The van der Waals surface area contributed by atoms with Crippen LogP contribution in [-0.4, -0.2) is 43.8 Å². The van der Waals surface area contributed by atoms with Crippen molar-refractivity contribution in [2.24, 2.45) is 5.92 Å². The van der Waals surface area contributed by atoms with Crippen molar-refractivity contribution in [1.29, 1.82) is 0 Å². The molecule has 0 saturated carbocycles. The van der Waals surface area contributed by atoms with E-state index in [0.29, 0.717) is 6.61 Å². The molecule has 1 amide bonds. The quantitative estimate of drug-likeness (QED) is 0.163. The molecule has 0 bridgehead atoms. The van der Waals surface area contributed by atoms with Crippen LogP contribution < -0.4 is 0 Å². The molecular formula is C25H49NO4. The van der Waals surface area contributed by atoms with Crippen LogP contribution in [0.4, 0.5) is 4.79 Å². The predicted molar refractivity (Wildman–Crippen MR) is 125 cm³/mol. The lowest BCUT2D eigenvalue weighted by Gasteiger charge is -2.28. The molecule has 1 atom stereocenters. The molecular weight excluding hydrogens is 378 g/mol. The van der Waals surface area contributed by atoms with Crippen molar-refractivity contribution in [3.63, 3.8) is 0 Å². The van der Waals surface area contributed by atoms with Crippen LogP contribution in [0.15, 0.2) is 0 Å². The molecule has 1 unspecified atom stereocenters. The standard InChI is InChI=1S/C25H49NO4/c1-6-7-8-9-10-11-12-13-14-15-16-17-18-19-20-21-30-24(27)23(22(2)3)26(4)25(28)29-5/h22-23H,6-21H2,1-5H3. The SMILES string of the molecule is CCCCCCCCCCCCCCCCCOC(=O)C(C(C)C)N(C)C(=O)OC. The van der Waals surface area contributed by atoms with Gasteiger partial charge in [0.05, 0.1) is 13.7 Å². The number of carbonyl (C=O) groups is 2. The second-order valence-corrected chi connectivity index (χ2v) is 8.89. The third kappa shape index (κ3) is 14.7. The predicted octanol–water partition coefficient (Wildman–Crippen LogP) is 7.12. The minimum absolute atomic E-state index is 0.0253. The van der Waals surface area contributed by atoms with Crippen molar-refractivity contribution >= 4 is 12.1 Å². The van der Waals surface area contributed by atoms with Gasteiger partial charge in [0, 0.05) is 7.05 Å². The summed E-state index contributed by atoms with van der Waals surface area (Å²) in [5.74, 6) is -0.370. The van der Waals surface area contributed by atoms with Gasteiger partial charge >= 0.3 is 12.1 Å². The topological polar surface area (TPSA) is 55.8 Å². The molecule has 0 aliphatic heterocycles. The van der Waals surface area contributed by atoms with Gasteiger partial charge in [0.1, 0.15) is 6.04 Å². The zero-order chi connectivity index (χ0) is 22.6. The summed E-state index contributed by atoms with van der Waals surface area (Å²) in [7, 11) is 2.89. The summed E-state index contributed by atoms with van der Waals surface area (Å²) < 4.78 is 10.1. The minimum Gasteiger partial charge on any atom is -0.464 e. The van der Waals surface area contributed by atoms with Gasteiger partial charge in [0.15, 0.2) is 0 Å². The third-order valence-corrected chi connectivity index (χ3v) is 5.75. The van der Waals surface area contributed by atoms with Crippen molar-refractivity contribution in [2.75, 3.05) is 20.8 Å². The fourth-order valence-corrected chi connectivity index (χ4v) is 3.87. The van der Waals surface area contributed by atoms with Crippen molar-refractivity contribution in [1.82, 2.24) is 4.90 Å². The summed E-state index contributed by atoms with van der Waals surface area (Å²) in [5, 5.41) is 0. The van der Waals surface area contributed by atoms with Crippen LogP contribution in [0.2, 0.25) is 0 Å². The summed E-state index contributed by atoms with van der Waals surface area (Å²) in [4.78, 5) is 25.3. The molecule has 0 rings (SSSR count). The maximum absolute atomic E-state index is 12.3. The van der Waals surface area contributed by atoms with Gasteiger partial charge in [-0.1, -0.05) is 111 Å². The lowest BCUT2D eigenvalue weighted by molar-refractivity contribution is -0.150. The molecule has 0 heterocycles. The number of nitrogens with zero attached hydrogens (tertiary/aromatic N) is 1. The lowest BCUT2D eigenvalue weighted by Crippen LogP contribution is -2.46. The molecule has 0 spiro atoms. The molecule has 30 heavy (non-hydrogen) atoms. The van der Waals surface area contributed by atoms with Gasteiger partial charge in [-0.15, -0.1) is 0 Å². The highest BCUT2D eigenvalue weighted by Crippen LogP contribution is 2.15. The number of likely N-dealkylation sites (N-methyl/N-ethyl adjacent to an activating group) is 1. The van der Waals surface area contributed by atoms with Crippen LogP contribution in [0.1, 0.15) is 117 Å². The smallest absolute Gasteiger partial charge is 0.409 e. The summed E-state index contributed by atoms with van der Waals surface area (Å²) >= 11 is 0. The van der Waals surface area contributed by atoms with Gasteiger partial charge < -0.3 is 9.47 Å². The van der Waals surface area contributed by atoms with Gasteiger partial charge in [-0.2, -0.15) is 0 Å². The molecule has 0 aliphatic carbocycles. The first-order chi connectivity index (χ1) is 14.5. The van der Waals surface area contributed by atoms with E-state index >= 15 is 0 Å². The maximum atomic E-state index is 12.3. The monoisotopic (exact) mass is 427 g/mol. The fourth-order valence-electron chi connectivity index (χ4n) is 3.87. The highest BCUT2D eigenvalue weighted by Gasteiger charge is 2.31. The van der Waals surface area contributed by atoms with Crippen molar-refractivity contribution in [2.45, 2.75) is 123 Å². The third-order valence-electron chi connectivity index (χ3n) is 5.75. The van der Waals surface area contributed by atoms with Crippen LogP contribution in [0.3, 0.4) is 0 Å². The molecule has 0 fully saturated rings.